The van der Waals surface area contributed by atoms with Gasteiger partial charge in [-0.25, -0.2) is 0 Å². The van der Waals surface area contributed by atoms with Crippen LogP contribution in [0.25, 0.3) is 0 Å². The van der Waals surface area contributed by atoms with Crippen molar-refractivity contribution >= 4 is 0 Å². The molecular formula is C12H24N2. The van der Waals surface area contributed by atoms with E-state index >= 15 is 0 Å². The Balaban J connectivity index is 2.49. The molecule has 0 aromatic heterocycles. The van der Waals surface area contributed by atoms with Crippen LogP contribution in [0.2, 0.25) is 0 Å². The molecule has 14 heavy (non-hydrogen) atoms. The molecule has 0 aromatic rings. The van der Waals surface area contributed by atoms with Crippen LogP contribution in [0.3, 0.4) is 0 Å². The molecule has 82 valence electrons. The molecule has 2 heteroatoms. The first-order valence-corrected chi connectivity index (χ1v) is 6.03. The second-order valence-electron chi connectivity index (χ2n) is 4.04. The van der Waals surface area contributed by atoms with E-state index < -0.39 is 0 Å². The van der Waals surface area contributed by atoms with Crippen molar-refractivity contribution in [2.45, 2.75) is 52.6 Å². The van der Waals surface area contributed by atoms with E-state index in [-0.39, 0.29) is 0 Å². The van der Waals surface area contributed by atoms with E-state index in [0.717, 1.165) is 0 Å². The highest BCUT2D eigenvalue weighted by Crippen LogP contribution is 2.20. The van der Waals surface area contributed by atoms with Crippen LogP contribution in [0.5, 0.6) is 0 Å². The van der Waals surface area contributed by atoms with E-state index in [1.54, 1.807) is 0 Å². The Morgan fingerprint density at radius 2 is 1.36 bits per heavy atom. The highest BCUT2D eigenvalue weighted by molar-refractivity contribution is 4.96. The molecule has 0 unspecified atom stereocenters. The summed E-state index contributed by atoms with van der Waals surface area (Å²) in [6.45, 7) is 9.16. The summed E-state index contributed by atoms with van der Waals surface area (Å²) in [5, 5.41) is 0. The summed E-state index contributed by atoms with van der Waals surface area (Å²) < 4.78 is 0. The van der Waals surface area contributed by atoms with Gasteiger partial charge in [-0.1, -0.05) is 27.2 Å². The van der Waals surface area contributed by atoms with Crippen molar-refractivity contribution in [2.75, 3.05) is 13.1 Å². The van der Waals surface area contributed by atoms with Crippen LogP contribution in [-0.2, 0) is 0 Å². The second-order valence-corrected chi connectivity index (χ2v) is 4.04. The Morgan fingerprint density at radius 1 is 0.857 bits per heavy atom. The van der Waals surface area contributed by atoms with E-state index in [0.29, 0.717) is 6.17 Å². The normalized spacial score (nSPS) is 17.1. The van der Waals surface area contributed by atoms with Gasteiger partial charge < -0.3 is 9.80 Å². The predicted molar refractivity (Wildman–Crippen MR) is 61.8 cm³/mol. The van der Waals surface area contributed by atoms with Gasteiger partial charge in [0.25, 0.3) is 0 Å². The Hall–Kier alpha value is -0.660. The molecule has 1 rings (SSSR count). The standard InChI is InChI=1S/C12H24N2/c1-4-7-12-13(8-5-2)10-11-14(12)9-6-3/h10-12H,4-9H2,1-3H3. The van der Waals surface area contributed by atoms with Gasteiger partial charge in [0.1, 0.15) is 6.17 Å². The molecule has 0 N–H and O–H groups in total. The second kappa shape index (κ2) is 5.94. The van der Waals surface area contributed by atoms with Gasteiger partial charge in [0.15, 0.2) is 0 Å². The van der Waals surface area contributed by atoms with E-state index in [1.807, 2.05) is 0 Å². The van der Waals surface area contributed by atoms with Crippen molar-refractivity contribution in [1.29, 1.82) is 0 Å². The average molecular weight is 196 g/mol. The minimum Gasteiger partial charge on any atom is -0.356 e. The van der Waals surface area contributed by atoms with Crippen molar-refractivity contribution in [3.8, 4) is 0 Å². The van der Waals surface area contributed by atoms with Crippen LogP contribution in [0.1, 0.15) is 46.5 Å². The first-order valence-electron chi connectivity index (χ1n) is 6.03. The van der Waals surface area contributed by atoms with Gasteiger partial charge in [-0.15, -0.1) is 0 Å². The Bertz CT molecular complexity index is 161. The number of rotatable bonds is 6. The van der Waals surface area contributed by atoms with E-state index in [2.05, 4.69) is 43.0 Å². The summed E-state index contributed by atoms with van der Waals surface area (Å²) in [5.41, 5.74) is 0. The zero-order valence-corrected chi connectivity index (χ0v) is 9.87. The fraction of sp³-hybridized carbons (Fsp3) is 0.833. The van der Waals surface area contributed by atoms with Crippen molar-refractivity contribution in [3.05, 3.63) is 12.4 Å². The lowest BCUT2D eigenvalue weighted by Crippen LogP contribution is -2.39. The van der Waals surface area contributed by atoms with Crippen LogP contribution in [0, 0.1) is 0 Å². The van der Waals surface area contributed by atoms with Crippen LogP contribution in [0.15, 0.2) is 12.4 Å². The lowest BCUT2D eigenvalue weighted by atomic mass is 10.2. The Morgan fingerprint density at radius 3 is 1.71 bits per heavy atom. The summed E-state index contributed by atoms with van der Waals surface area (Å²) >= 11 is 0. The maximum atomic E-state index is 2.49. The van der Waals surface area contributed by atoms with Gasteiger partial charge in [-0.05, 0) is 19.3 Å². The van der Waals surface area contributed by atoms with Gasteiger partial charge in [0.05, 0.1) is 0 Å². The van der Waals surface area contributed by atoms with Gasteiger partial charge in [-0.3, -0.25) is 0 Å². The quantitative estimate of drug-likeness (QED) is 0.644. The molecule has 0 saturated carbocycles. The fourth-order valence-corrected chi connectivity index (χ4v) is 2.11. The first-order chi connectivity index (χ1) is 6.83. The first kappa shape index (κ1) is 11.4. The Kier molecular flexibility index (Phi) is 4.85. The van der Waals surface area contributed by atoms with Crippen molar-refractivity contribution in [3.63, 3.8) is 0 Å². The molecule has 0 radical (unpaired) electrons. The minimum absolute atomic E-state index is 0.639. The summed E-state index contributed by atoms with van der Waals surface area (Å²) in [7, 11) is 0. The Labute approximate surface area is 88.6 Å². The largest absolute Gasteiger partial charge is 0.356 e. The fourth-order valence-electron chi connectivity index (χ4n) is 2.11. The maximum absolute atomic E-state index is 2.49. The predicted octanol–water partition coefficient (Wildman–Crippen LogP) is 3.02. The molecule has 0 saturated heterocycles. The molecule has 1 aliphatic rings. The molecule has 0 fully saturated rings. The molecule has 1 heterocycles. The SMILES string of the molecule is CCCC1N(CCC)C=CN1CCC. The number of nitrogens with zero attached hydrogens (tertiary/aromatic N) is 2. The third-order valence-electron chi connectivity index (χ3n) is 2.73. The summed E-state index contributed by atoms with van der Waals surface area (Å²) in [5.74, 6) is 0. The maximum Gasteiger partial charge on any atom is 0.101 e. The summed E-state index contributed by atoms with van der Waals surface area (Å²) in [6.07, 6.45) is 10.2. The van der Waals surface area contributed by atoms with E-state index in [9.17, 15) is 0 Å². The third-order valence-corrected chi connectivity index (χ3v) is 2.73. The molecule has 0 spiro atoms. The van der Waals surface area contributed by atoms with Gasteiger partial charge in [0, 0.05) is 25.5 Å². The molecule has 0 aromatic carbocycles. The van der Waals surface area contributed by atoms with Crippen LogP contribution in [0.4, 0.5) is 0 Å². The van der Waals surface area contributed by atoms with Crippen molar-refractivity contribution < 1.29 is 0 Å². The van der Waals surface area contributed by atoms with E-state index in [1.165, 1.54) is 38.8 Å². The van der Waals surface area contributed by atoms with Crippen LogP contribution >= 0.6 is 0 Å². The van der Waals surface area contributed by atoms with Gasteiger partial charge in [-0.2, -0.15) is 0 Å². The average Bonchev–Trinajstić information content (AvgIpc) is 2.52. The molecule has 0 bridgehead atoms. The van der Waals surface area contributed by atoms with Crippen LogP contribution < -0.4 is 0 Å². The van der Waals surface area contributed by atoms with Gasteiger partial charge >= 0.3 is 0 Å². The summed E-state index contributed by atoms with van der Waals surface area (Å²) in [6, 6.07) is 0. The number of hydrogen-bond acceptors (Lipinski definition) is 2. The molecule has 0 amide bonds. The molecule has 0 atom stereocenters. The zero-order chi connectivity index (χ0) is 10.4. The lowest BCUT2D eigenvalue weighted by Gasteiger charge is -2.32. The van der Waals surface area contributed by atoms with Gasteiger partial charge in [0.2, 0.25) is 0 Å². The van der Waals surface area contributed by atoms with Crippen molar-refractivity contribution in [2.24, 2.45) is 0 Å². The topological polar surface area (TPSA) is 6.48 Å². The highest BCUT2D eigenvalue weighted by atomic mass is 15.4. The van der Waals surface area contributed by atoms with Crippen molar-refractivity contribution in [1.82, 2.24) is 9.80 Å². The molecule has 2 nitrogen and oxygen atoms in total. The molecule has 0 aliphatic carbocycles. The minimum atomic E-state index is 0.639. The molecular weight excluding hydrogens is 172 g/mol. The zero-order valence-electron chi connectivity index (χ0n) is 9.87. The van der Waals surface area contributed by atoms with Crippen LogP contribution in [-0.4, -0.2) is 29.1 Å². The number of hydrogen-bond donors (Lipinski definition) is 0. The smallest absolute Gasteiger partial charge is 0.101 e. The lowest BCUT2D eigenvalue weighted by molar-refractivity contribution is 0.142. The van der Waals surface area contributed by atoms with E-state index in [4.69, 9.17) is 0 Å². The third kappa shape index (κ3) is 2.66. The highest BCUT2D eigenvalue weighted by Gasteiger charge is 2.23. The molecule has 1 aliphatic heterocycles. The summed E-state index contributed by atoms with van der Waals surface area (Å²) in [4.78, 5) is 4.97. The monoisotopic (exact) mass is 196 g/mol.